The molecule has 0 aromatic carbocycles. The Kier molecular flexibility index (Phi) is 23.0. The van der Waals surface area contributed by atoms with E-state index >= 15 is 0 Å². The number of unbranched alkanes of at least 4 members (excludes halogenated alkanes) is 4. The molecule has 2 aliphatic rings. The molecule has 4 nitrogen and oxygen atoms in total. The first-order chi connectivity index (χ1) is 12.8. The lowest BCUT2D eigenvalue weighted by Crippen LogP contribution is -2.22. The van der Waals surface area contributed by atoms with Gasteiger partial charge in [0.05, 0.1) is 12.9 Å². The van der Waals surface area contributed by atoms with Gasteiger partial charge in [0.2, 0.25) is 0 Å². The minimum Gasteiger partial charge on any atom is -0.502 e. The lowest BCUT2D eigenvalue weighted by Gasteiger charge is -2.22. The zero-order valence-electron chi connectivity index (χ0n) is 16.2. The SMILES string of the molecule is C1=COCCC1.ClCCCCCOC1CCCCO1.OCCCCCCl. The standard InChI is InChI=1S/C10H19ClO2.C5H11ClO.C5H8O/c11-7-3-1-4-8-12-10-6-2-5-9-13-10;6-4-2-1-3-5-7;1-2-4-6-5-3-1/h10H,1-9H2;7H,1-5H2;2,4H,1,3,5H2. The minimum atomic E-state index is 0.0738. The second kappa shape index (κ2) is 23.0. The number of aliphatic hydroxyl groups is 1. The van der Waals surface area contributed by atoms with E-state index in [1.165, 1.54) is 25.7 Å². The molecule has 156 valence electrons. The Bertz CT molecular complexity index is 273. The van der Waals surface area contributed by atoms with Gasteiger partial charge in [0.1, 0.15) is 0 Å². The molecule has 0 amide bonds. The smallest absolute Gasteiger partial charge is 0.157 e. The maximum Gasteiger partial charge on any atom is 0.157 e. The Hall–Kier alpha value is -0.0000000000000000555. The molecule has 2 rings (SSSR count). The quantitative estimate of drug-likeness (QED) is 0.372. The van der Waals surface area contributed by atoms with Crippen LogP contribution in [0.5, 0.6) is 0 Å². The predicted molar refractivity (Wildman–Crippen MR) is 110 cm³/mol. The van der Waals surface area contributed by atoms with Gasteiger partial charge < -0.3 is 19.3 Å². The monoisotopic (exact) mass is 412 g/mol. The van der Waals surface area contributed by atoms with Crippen molar-refractivity contribution in [1.82, 2.24) is 0 Å². The molecule has 26 heavy (non-hydrogen) atoms. The molecule has 0 bridgehead atoms. The predicted octanol–water partition coefficient (Wildman–Crippen LogP) is 5.64. The fourth-order valence-corrected chi connectivity index (χ4v) is 2.68. The number of ether oxygens (including phenoxy) is 3. The van der Waals surface area contributed by atoms with Crippen molar-refractivity contribution in [2.75, 3.05) is 38.2 Å². The average molecular weight is 413 g/mol. The number of hydrogen-bond donors (Lipinski definition) is 1. The first-order valence-corrected chi connectivity index (χ1v) is 11.1. The molecular formula is C20H38Cl2O4. The summed E-state index contributed by atoms with van der Waals surface area (Å²) in [5.41, 5.74) is 0. The summed E-state index contributed by atoms with van der Waals surface area (Å²) >= 11 is 10.9. The van der Waals surface area contributed by atoms with E-state index in [2.05, 4.69) is 0 Å². The minimum absolute atomic E-state index is 0.0738. The summed E-state index contributed by atoms with van der Waals surface area (Å²) in [7, 11) is 0. The van der Waals surface area contributed by atoms with E-state index in [1.807, 2.05) is 6.08 Å². The number of rotatable bonds is 10. The number of hydrogen-bond acceptors (Lipinski definition) is 4. The lowest BCUT2D eigenvalue weighted by molar-refractivity contribution is -0.162. The van der Waals surface area contributed by atoms with Crippen LogP contribution in [0.25, 0.3) is 0 Å². The summed E-state index contributed by atoms with van der Waals surface area (Å²) < 4.78 is 15.9. The van der Waals surface area contributed by atoms with Crippen LogP contribution in [-0.4, -0.2) is 49.6 Å². The molecule has 1 atom stereocenters. The van der Waals surface area contributed by atoms with Crippen molar-refractivity contribution in [3.8, 4) is 0 Å². The van der Waals surface area contributed by atoms with Crippen LogP contribution in [0.4, 0.5) is 0 Å². The highest BCUT2D eigenvalue weighted by Crippen LogP contribution is 2.14. The number of alkyl halides is 2. The van der Waals surface area contributed by atoms with Gasteiger partial charge in [0.25, 0.3) is 0 Å². The topological polar surface area (TPSA) is 47.9 Å². The van der Waals surface area contributed by atoms with Gasteiger partial charge in [-0.1, -0.05) is 0 Å². The van der Waals surface area contributed by atoms with Gasteiger partial charge in [0, 0.05) is 31.6 Å². The fourth-order valence-electron chi connectivity index (χ4n) is 2.30. The second-order valence-corrected chi connectivity index (χ2v) is 7.03. The molecule has 0 radical (unpaired) electrons. The highest BCUT2D eigenvalue weighted by atomic mass is 35.5. The Morgan fingerprint density at radius 3 is 2.15 bits per heavy atom. The van der Waals surface area contributed by atoms with Gasteiger partial charge in [-0.05, 0) is 76.7 Å². The van der Waals surface area contributed by atoms with Crippen LogP contribution < -0.4 is 0 Å². The molecule has 1 N–H and O–H groups in total. The van der Waals surface area contributed by atoms with Crippen LogP contribution in [0, 0.1) is 0 Å². The zero-order chi connectivity index (χ0) is 19.1. The normalized spacial score (nSPS) is 18.8. The zero-order valence-corrected chi connectivity index (χ0v) is 17.7. The highest BCUT2D eigenvalue weighted by molar-refractivity contribution is 6.18. The van der Waals surface area contributed by atoms with Crippen LogP contribution >= 0.6 is 23.2 Å². The summed E-state index contributed by atoms with van der Waals surface area (Å²) in [6.07, 6.45) is 16.1. The molecular weight excluding hydrogens is 375 g/mol. The van der Waals surface area contributed by atoms with Crippen molar-refractivity contribution < 1.29 is 19.3 Å². The van der Waals surface area contributed by atoms with Gasteiger partial charge in [-0.2, -0.15) is 0 Å². The molecule has 1 fully saturated rings. The van der Waals surface area contributed by atoms with Gasteiger partial charge >= 0.3 is 0 Å². The third-order valence-corrected chi connectivity index (χ3v) is 4.37. The largest absolute Gasteiger partial charge is 0.502 e. The van der Waals surface area contributed by atoms with Gasteiger partial charge in [-0.15, -0.1) is 23.2 Å². The second-order valence-electron chi connectivity index (χ2n) is 6.27. The van der Waals surface area contributed by atoms with E-state index in [-0.39, 0.29) is 6.29 Å². The van der Waals surface area contributed by atoms with Crippen molar-refractivity contribution in [2.24, 2.45) is 0 Å². The highest BCUT2D eigenvalue weighted by Gasteiger charge is 2.12. The molecule has 0 spiro atoms. The van der Waals surface area contributed by atoms with Crippen LogP contribution in [-0.2, 0) is 14.2 Å². The maximum atomic E-state index is 8.25. The Balaban J connectivity index is 0.000000404. The molecule has 0 aromatic rings. The van der Waals surface area contributed by atoms with Gasteiger partial charge in [-0.3, -0.25) is 0 Å². The average Bonchev–Trinajstić information content (AvgIpc) is 2.71. The van der Waals surface area contributed by atoms with E-state index in [9.17, 15) is 0 Å². The van der Waals surface area contributed by atoms with Crippen LogP contribution in [0.15, 0.2) is 12.3 Å². The summed E-state index contributed by atoms with van der Waals surface area (Å²) in [4.78, 5) is 0. The molecule has 1 saturated heterocycles. The van der Waals surface area contributed by atoms with E-state index in [0.717, 1.165) is 76.5 Å². The fraction of sp³-hybridized carbons (Fsp3) is 0.900. The van der Waals surface area contributed by atoms with E-state index in [1.54, 1.807) is 6.26 Å². The third-order valence-electron chi connectivity index (χ3n) is 3.84. The van der Waals surface area contributed by atoms with Crippen LogP contribution in [0.1, 0.15) is 70.6 Å². The first kappa shape index (κ1) is 26.0. The molecule has 1 unspecified atom stereocenters. The molecule has 2 aliphatic heterocycles. The van der Waals surface area contributed by atoms with E-state index in [4.69, 9.17) is 42.5 Å². The lowest BCUT2D eigenvalue weighted by atomic mass is 10.2. The Morgan fingerprint density at radius 2 is 1.69 bits per heavy atom. The summed E-state index contributed by atoms with van der Waals surface area (Å²) in [6, 6.07) is 0. The third kappa shape index (κ3) is 20.3. The summed E-state index contributed by atoms with van der Waals surface area (Å²) in [5.74, 6) is 1.49. The first-order valence-electron chi connectivity index (χ1n) is 10.1. The van der Waals surface area contributed by atoms with E-state index < -0.39 is 0 Å². The van der Waals surface area contributed by atoms with Gasteiger partial charge in [0.15, 0.2) is 6.29 Å². The van der Waals surface area contributed by atoms with Crippen molar-refractivity contribution in [3.05, 3.63) is 12.3 Å². The summed E-state index contributed by atoms with van der Waals surface area (Å²) in [6.45, 7) is 2.90. The Morgan fingerprint density at radius 1 is 0.923 bits per heavy atom. The number of aliphatic hydroxyl groups excluding tert-OH is 1. The Labute approximate surface area is 170 Å². The van der Waals surface area contributed by atoms with Crippen LogP contribution in [0.2, 0.25) is 0 Å². The van der Waals surface area contributed by atoms with Crippen molar-refractivity contribution in [3.63, 3.8) is 0 Å². The van der Waals surface area contributed by atoms with E-state index in [0.29, 0.717) is 6.61 Å². The van der Waals surface area contributed by atoms with Gasteiger partial charge in [-0.25, -0.2) is 0 Å². The number of halogens is 2. The molecule has 6 heteroatoms. The summed E-state index contributed by atoms with van der Waals surface area (Å²) in [5, 5.41) is 8.25. The number of allylic oxidation sites excluding steroid dienone is 1. The molecule has 0 aliphatic carbocycles. The van der Waals surface area contributed by atoms with Crippen molar-refractivity contribution >= 4 is 23.2 Å². The molecule has 2 heterocycles. The maximum absolute atomic E-state index is 8.25. The molecule has 0 saturated carbocycles. The van der Waals surface area contributed by atoms with Crippen LogP contribution in [0.3, 0.4) is 0 Å². The van der Waals surface area contributed by atoms with Crippen molar-refractivity contribution in [1.29, 1.82) is 0 Å². The van der Waals surface area contributed by atoms with Crippen molar-refractivity contribution in [2.45, 2.75) is 76.9 Å². The molecule has 0 aromatic heterocycles.